The first-order valence-electron chi connectivity index (χ1n) is 12.7. The Morgan fingerprint density at radius 2 is 1.25 bits per heavy atom. The number of rotatable bonds is 15. The van der Waals surface area contributed by atoms with Crippen LogP contribution in [0.25, 0.3) is 0 Å². The number of ether oxygens (including phenoxy) is 4. The van der Waals surface area contributed by atoms with Crippen molar-refractivity contribution < 1.29 is 42.9 Å². The Hall–Kier alpha value is -2.93. The zero-order chi connectivity index (χ0) is 30.1. The van der Waals surface area contributed by atoms with Gasteiger partial charge in [0.25, 0.3) is 0 Å². The molecule has 1 saturated heterocycles. The first-order valence-corrected chi connectivity index (χ1v) is 15.0. The first-order chi connectivity index (χ1) is 18.8. The van der Waals surface area contributed by atoms with Crippen LogP contribution in [0.4, 0.5) is 9.59 Å². The zero-order valence-electron chi connectivity index (χ0n) is 23.5. The lowest BCUT2D eigenvalue weighted by Gasteiger charge is -2.29. The molecule has 0 radical (unpaired) electrons. The summed E-state index contributed by atoms with van der Waals surface area (Å²) in [6, 6.07) is 0. The highest BCUT2D eigenvalue weighted by Crippen LogP contribution is 2.29. The predicted octanol–water partition coefficient (Wildman–Crippen LogP) is 3.30. The molecule has 0 saturated carbocycles. The predicted molar refractivity (Wildman–Crippen MR) is 155 cm³/mol. The highest BCUT2D eigenvalue weighted by atomic mass is 32.2. The van der Waals surface area contributed by atoms with Crippen molar-refractivity contribution in [1.82, 2.24) is 10.6 Å². The first kappa shape index (κ1) is 35.1. The average molecular weight is 601 g/mol. The van der Waals surface area contributed by atoms with Gasteiger partial charge in [0.1, 0.15) is 32.2 Å². The van der Waals surface area contributed by atoms with Crippen molar-refractivity contribution in [2.75, 3.05) is 62.5 Å². The number of ketones is 1. The molecule has 1 aliphatic rings. The molecule has 1 rings (SSSR count). The number of nitrogens with one attached hydrogen (secondary N) is 2. The van der Waals surface area contributed by atoms with Gasteiger partial charge in [0.15, 0.2) is 0 Å². The van der Waals surface area contributed by atoms with Gasteiger partial charge in [-0.15, -0.1) is 0 Å². The van der Waals surface area contributed by atoms with E-state index in [1.54, 1.807) is 30.4 Å². The molecule has 11 nitrogen and oxygen atoms in total. The fourth-order valence-corrected chi connectivity index (χ4v) is 5.48. The minimum atomic E-state index is -1.31. The number of hydrogen-bond acceptors (Lipinski definition) is 11. The van der Waals surface area contributed by atoms with Crippen molar-refractivity contribution in [3.8, 4) is 0 Å². The third-order valence-corrected chi connectivity index (χ3v) is 8.06. The summed E-state index contributed by atoms with van der Waals surface area (Å²) in [5.41, 5.74) is 0.321. The van der Waals surface area contributed by atoms with Crippen molar-refractivity contribution in [2.45, 2.75) is 27.2 Å². The van der Waals surface area contributed by atoms with Crippen LogP contribution < -0.4 is 10.6 Å². The van der Waals surface area contributed by atoms with E-state index in [4.69, 9.17) is 18.9 Å². The number of amides is 2. The number of alkyl carbamates (subject to hydrolysis) is 2. The van der Waals surface area contributed by atoms with Crippen molar-refractivity contribution in [3.63, 3.8) is 0 Å². The van der Waals surface area contributed by atoms with Crippen LogP contribution in [0.3, 0.4) is 0 Å². The Kier molecular flexibility index (Phi) is 16.2. The van der Waals surface area contributed by atoms with Gasteiger partial charge in [-0.1, -0.05) is 25.3 Å². The molecule has 1 aliphatic heterocycles. The molecule has 0 aliphatic carbocycles. The van der Waals surface area contributed by atoms with Crippen LogP contribution in [0.15, 0.2) is 36.5 Å². The van der Waals surface area contributed by atoms with E-state index in [0.717, 1.165) is 28.6 Å². The Morgan fingerprint density at radius 1 is 0.825 bits per heavy atom. The summed E-state index contributed by atoms with van der Waals surface area (Å²) in [6.45, 7) is 14.7. The molecule has 1 fully saturated rings. The molecule has 0 bridgehead atoms. The van der Waals surface area contributed by atoms with Crippen molar-refractivity contribution in [1.29, 1.82) is 0 Å². The van der Waals surface area contributed by atoms with Gasteiger partial charge in [-0.25, -0.2) is 19.2 Å². The van der Waals surface area contributed by atoms with Crippen LogP contribution in [-0.2, 0) is 33.3 Å². The van der Waals surface area contributed by atoms with E-state index in [1.807, 2.05) is 0 Å². The van der Waals surface area contributed by atoms with Gasteiger partial charge in [0, 0.05) is 29.1 Å². The number of esters is 2. The van der Waals surface area contributed by atoms with Gasteiger partial charge in [-0.05, 0) is 38.2 Å². The van der Waals surface area contributed by atoms with Crippen LogP contribution in [0, 0.1) is 11.3 Å². The maximum atomic E-state index is 13.4. The minimum absolute atomic E-state index is 0.000809. The maximum absolute atomic E-state index is 13.4. The third kappa shape index (κ3) is 14.5. The largest absolute Gasteiger partial charge is 0.460 e. The fraction of sp³-hybridized carbons (Fsp3) is 0.593. The van der Waals surface area contributed by atoms with Crippen LogP contribution in [0.5, 0.6) is 0 Å². The second kappa shape index (κ2) is 18.4. The number of Topliss-reactive ketones (excluding diaryl/α,β-unsaturated/α-hetero) is 1. The summed E-state index contributed by atoms with van der Waals surface area (Å²) in [5.74, 6) is 1.98. The van der Waals surface area contributed by atoms with Crippen LogP contribution in [0.2, 0.25) is 0 Å². The Labute approximate surface area is 244 Å². The molecule has 0 aromatic carbocycles. The van der Waals surface area contributed by atoms with Crippen molar-refractivity contribution >= 4 is 53.4 Å². The quantitative estimate of drug-likeness (QED) is 0.0938. The van der Waals surface area contributed by atoms with Gasteiger partial charge in [-0.3, -0.25) is 4.79 Å². The average Bonchev–Trinajstić information content (AvgIpc) is 2.89. The van der Waals surface area contributed by atoms with E-state index in [-0.39, 0.29) is 68.8 Å². The summed E-state index contributed by atoms with van der Waals surface area (Å²) in [7, 11) is 0. The van der Waals surface area contributed by atoms with Crippen molar-refractivity contribution in [3.05, 3.63) is 36.5 Å². The Bertz CT molecular complexity index is 906. The summed E-state index contributed by atoms with van der Waals surface area (Å²) in [6.07, 6.45) is -1.40. The maximum Gasteiger partial charge on any atom is 0.407 e. The molecule has 2 amide bonds. The summed E-state index contributed by atoms with van der Waals surface area (Å²) in [4.78, 5) is 60.7. The van der Waals surface area contributed by atoms with Crippen LogP contribution in [-0.4, -0.2) is 92.4 Å². The summed E-state index contributed by atoms with van der Waals surface area (Å²) >= 11 is 3.45. The topological polar surface area (TPSA) is 146 Å². The number of thioether (sulfide) groups is 2. The van der Waals surface area contributed by atoms with Gasteiger partial charge >= 0.3 is 24.1 Å². The Balaban J connectivity index is 2.69. The van der Waals surface area contributed by atoms with E-state index in [1.165, 1.54) is 13.8 Å². The monoisotopic (exact) mass is 600 g/mol. The second-order valence-electron chi connectivity index (χ2n) is 9.67. The SMILES string of the molecule is C=C1CSCC(CC(=O)C(C)(COC(=O)NCCOC(=O)C(=C)C)COC(=O)NCCOC(=O)C(=C)C)CSC1. The number of hydrogen-bond donors (Lipinski definition) is 2. The summed E-state index contributed by atoms with van der Waals surface area (Å²) in [5, 5.41) is 4.89. The molecule has 40 heavy (non-hydrogen) atoms. The lowest BCUT2D eigenvalue weighted by Crippen LogP contribution is -2.43. The molecule has 0 atom stereocenters. The normalized spacial score (nSPS) is 14.1. The highest BCUT2D eigenvalue weighted by molar-refractivity contribution is 8.01. The van der Waals surface area contributed by atoms with E-state index in [9.17, 15) is 24.0 Å². The smallest absolute Gasteiger partial charge is 0.407 e. The summed E-state index contributed by atoms with van der Waals surface area (Å²) < 4.78 is 20.4. The third-order valence-electron chi connectivity index (χ3n) is 5.42. The molecule has 0 spiro atoms. The second-order valence-corrected chi connectivity index (χ2v) is 11.7. The number of carbonyl (C=O) groups is 5. The lowest BCUT2D eigenvalue weighted by molar-refractivity contribution is -0.139. The van der Waals surface area contributed by atoms with E-state index < -0.39 is 29.5 Å². The standard InChI is InChI=1S/C27H40N2O9S2/c1-18(2)23(31)35-9-7-28-25(33)37-16-27(6,17-38-26(34)29-8-10-36-24(32)19(3)4)22(30)11-21-14-39-12-20(5)13-40-15-21/h21H,1,3,5,7-17H2,2,4,6H3,(H,28,33)(H,29,34). The molecular formula is C27H40N2O9S2. The van der Waals surface area contributed by atoms with E-state index in [0.29, 0.717) is 0 Å². The molecule has 0 unspecified atom stereocenters. The number of carbonyl (C=O) groups excluding carboxylic acids is 5. The molecule has 13 heteroatoms. The van der Waals surface area contributed by atoms with Crippen molar-refractivity contribution in [2.24, 2.45) is 11.3 Å². The van der Waals surface area contributed by atoms with Gasteiger partial charge < -0.3 is 29.6 Å². The Morgan fingerprint density at radius 3 is 1.65 bits per heavy atom. The van der Waals surface area contributed by atoms with Gasteiger partial charge in [0.2, 0.25) is 0 Å². The molecule has 224 valence electrons. The van der Waals surface area contributed by atoms with Gasteiger partial charge in [0.05, 0.1) is 18.5 Å². The molecule has 1 heterocycles. The molecule has 0 aromatic rings. The molecule has 0 aromatic heterocycles. The van der Waals surface area contributed by atoms with Gasteiger partial charge in [-0.2, -0.15) is 23.5 Å². The van der Waals surface area contributed by atoms with E-state index >= 15 is 0 Å². The highest BCUT2D eigenvalue weighted by Gasteiger charge is 2.37. The lowest BCUT2D eigenvalue weighted by atomic mass is 9.83. The molecule has 2 N–H and O–H groups in total. The zero-order valence-corrected chi connectivity index (χ0v) is 25.1. The van der Waals surface area contributed by atoms with Crippen LogP contribution >= 0.6 is 23.5 Å². The van der Waals surface area contributed by atoms with Crippen LogP contribution in [0.1, 0.15) is 27.2 Å². The van der Waals surface area contributed by atoms with E-state index in [2.05, 4.69) is 30.4 Å². The minimum Gasteiger partial charge on any atom is -0.460 e. The fourth-order valence-electron chi connectivity index (χ4n) is 3.05. The molecular weight excluding hydrogens is 560 g/mol.